The van der Waals surface area contributed by atoms with Crippen LogP contribution in [0.5, 0.6) is 0 Å². The molecule has 2 rings (SSSR count). The van der Waals surface area contributed by atoms with Crippen molar-refractivity contribution < 1.29 is 19.4 Å². The second-order valence-corrected chi connectivity index (χ2v) is 5.17. The normalized spacial score (nSPS) is 28.9. The number of rotatable bonds is 3. The third kappa shape index (κ3) is 3.12. The number of hydrogen-bond acceptors (Lipinski definition) is 3. The van der Waals surface area contributed by atoms with E-state index in [-0.39, 0.29) is 12.1 Å². The maximum absolute atomic E-state index is 12.1. The van der Waals surface area contributed by atoms with Crippen LogP contribution in [-0.2, 0) is 14.3 Å². The molecule has 0 saturated heterocycles. The van der Waals surface area contributed by atoms with E-state index < -0.39 is 17.8 Å². The van der Waals surface area contributed by atoms with Gasteiger partial charge in [-0.15, -0.1) is 0 Å². The maximum Gasteiger partial charge on any atom is 0.311 e. The van der Waals surface area contributed by atoms with Gasteiger partial charge in [0.15, 0.2) is 0 Å². The molecule has 1 saturated carbocycles. The Morgan fingerprint density at radius 2 is 1.83 bits per heavy atom. The van der Waals surface area contributed by atoms with Crippen molar-refractivity contribution in [3.8, 4) is 0 Å². The smallest absolute Gasteiger partial charge is 0.311 e. The van der Waals surface area contributed by atoms with Crippen molar-refractivity contribution in [2.75, 3.05) is 0 Å². The molecule has 2 aliphatic rings. The number of carboxylic acids is 1. The molecule has 1 fully saturated rings. The molecule has 0 aliphatic heterocycles. The van der Waals surface area contributed by atoms with Crippen molar-refractivity contribution in [1.29, 1.82) is 0 Å². The molecule has 18 heavy (non-hydrogen) atoms. The van der Waals surface area contributed by atoms with E-state index in [4.69, 9.17) is 9.84 Å². The number of carbonyl (C=O) groups excluding carboxylic acids is 1. The fourth-order valence-electron chi connectivity index (χ4n) is 2.79. The summed E-state index contributed by atoms with van der Waals surface area (Å²) in [6.07, 6.45) is 10.1. The first-order valence-electron chi connectivity index (χ1n) is 6.78. The Labute approximate surface area is 107 Å². The van der Waals surface area contributed by atoms with Gasteiger partial charge in [-0.1, -0.05) is 18.6 Å². The van der Waals surface area contributed by atoms with Crippen LogP contribution in [0.15, 0.2) is 12.2 Å². The molecule has 100 valence electrons. The number of aliphatic carboxylic acids is 1. The number of hydrogen-bond donors (Lipinski definition) is 1. The molecule has 0 aromatic carbocycles. The van der Waals surface area contributed by atoms with Gasteiger partial charge in [-0.3, -0.25) is 9.59 Å². The predicted octanol–water partition coefficient (Wildman–Crippen LogP) is 2.53. The molecule has 2 unspecified atom stereocenters. The second-order valence-electron chi connectivity index (χ2n) is 5.17. The van der Waals surface area contributed by atoms with Gasteiger partial charge in [0.05, 0.1) is 11.8 Å². The Bertz CT molecular complexity index is 342. The van der Waals surface area contributed by atoms with E-state index in [1.54, 1.807) is 6.08 Å². The molecule has 4 heteroatoms. The number of allylic oxidation sites excluding steroid dienone is 1. The molecule has 4 nitrogen and oxygen atoms in total. The molecule has 0 radical (unpaired) electrons. The van der Waals surface area contributed by atoms with Crippen molar-refractivity contribution in [2.45, 2.75) is 51.0 Å². The van der Waals surface area contributed by atoms with Crippen molar-refractivity contribution in [3.05, 3.63) is 12.2 Å². The third-order valence-corrected chi connectivity index (χ3v) is 3.84. The maximum atomic E-state index is 12.1. The summed E-state index contributed by atoms with van der Waals surface area (Å²) in [7, 11) is 0. The van der Waals surface area contributed by atoms with Gasteiger partial charge in [-0.05, 0) is 38.5 Å². The second kappa shape index (κ2) is 6.03. The highest BCUT2D eigenvalue weighted by Gasteiger charge is 2.35. The molecule has 2 atom stereocenters. The Morgan fingerprint density at radius 3 is 2.50 bits per heavy atom. The average molecular weight is 252 g/mol. The van der Waals surface area contributed by atoms with E-state index in [2.05, 4.69) is 0 Å². The quantitative estimate of drug-likeness (QED) is 0.619. The molecule has 0 aromatic heterocycles. The fraction of sp³-hybridized carbons (Fsp3) is 0.714. The van der Waals surface area contributed by atoms with E-state index in [9.17, 15) is 9.59 Å². The Hall–Kier alpha value is -1.32. The van der Waals surface area contributed by atoms with Crippen molar-refractivity contribution in [1.82, 2.24) is 0 Å². The minimum atomic E-state index is -0.934. The lowest BCUT2D eigenvalue weighted by atomic mass is 9.84. The third-order valence-electron chi connectivity index (χ3n) is 3.84. The van der Waals surface area contributed by atoms with E-state index in [0.29, 0.717) is 6.42 Å². The van der Waals surface area contributed by atoms with Crippen LogP contribution >= 0.6 is 0 Å². The highest BCUT2D eigenvalue weighted by atomic mass is 16.5. The highest BCUT2D eigenvalue weighted by Crippen LogP contribution is 2.28. The standard InChI is InChI=1S/C14H20O4/c15-13(16)11-8-4-5-9-12(11)14(17)18-10-6-2-1-3-7-10/h4,8,10-12H,1-3,5-7,9H2,(H,15,16). The van der Waals surface area contributed by atoms with Crippen LogP contribution in [0.1, 0.15) is 44.9 Å². The Balaban J connectivity index is 1.94. The first-order valence-corrected chi connectivity index (χ1v) is 6.78. The van der Waals surface area contributed by atoms with Crippen LogP contribution in [0, 0.1) is 11.8 Å². The van der Waals surface area contributed by atoms with Crippen LogP contribution in [-0.4, -0.2) is 23.1 Å². The van der Waals surface area contributed by atoms with Gasteiger partial charge < -0.3 is 9.84 Å². The number of carboxylic acid groups (broad SMARTS) is 1. The van der Waals surface area contributed by atoms with Gasteiger partial charge >= 0.3 is 11.9 Å². The minimum absolute atomic E-state index is 0.00611. The molecular weight excluding hydrogens is 232 g/mol. The summed E-state index contributed by atoms with van der Waals surface area (Å²) in [6, 6.07) is 0. The SMILES string of the molecule is O=C(O)C1C=CCCC1C(=O)OC1CCCCC1. The minimum Gasteiger partial charge on any atom is -0.481 e. The van der Waals surface area contributed by atoms with E-state index >= 15 is 0 Å². The average Bonchev–Trinajstić information content (AvgIpc) is 2.40. The summed E-state index contributed by atoms with van der Waals surface area (Å²) in [5.41, 5.74) is 0. The van der Waals surface area contributed by atoms with Gasteiger partial charge in [0.1, 0.15) is 6.10 Å². The summed E-state index contributed by atoms with van der Waals surface area (Å²) >= 11 is 0. The summed E-state index contributed by atoms with van der Waals surface area (Å²) in [5.74, 6) is -2.47. The van der Waals surface area contributed by atoms with Crippen LogP contribution in [0.4, 0.5) is 0 Å². The van der Waals surface area contributed by atoms with Crippen molar-refractivity contribution >= 4 is 11.9 Å². The summed E-state index contributed by atoms with van der Waals surface area (Å²) in [4.78, 5) is 23.2. The Kier molecular flexibility index (Phi) is 4.39. The zero-order valence-electron chi connectivity index (χ0n) is 10.5. The number of esters is 1. The molecule has 0 spiro atoms. The molecule has 2 aliphatic carbocycles. The monoisotopic (exact) mass is 252 g/mol. The van der Waals surface area contributed by atoms with Gasteiger partial charge in [-0.2, -0.15) is 0 Å². The van der Waals surface area contributed by atoms with Gasteiger partial charge in [-0.25, -0.2) is 0 Å². The van der Waals surface area contributed by atoms with Crippen LogP contribution in [0.2, 0.25) is 0 Å². The van der Waals surface area contributed by atoms with Crippen molar-refractivity contribution in [2.24, 2.45) is 11.8 Å². The van der Waals surface area contributed by atoms with Crippen molar-refractivity contribution in [3.63, 3.8) is 0 Å². The molecular formula is C14H20O4. The Morgan fingerprint density at radius 1 is 1.11 bits per heavy atom. The van der Waals surface area contributed by atoms with Gasteiger partial charge in [0.25, 0.3) is 0 Å². The number of ether oxygens (including phenoxy) is 1. The van der Waals surface area contributed by atoms with Crippen LogP contribution in [0.3, 0.4) is 0 Å². The van der Waals surface area contributed by atoms with Crippen LogP contribution < -0.4 is 0 Å². The summed E-state index contributed by atoms with van der Waals surface area (Å²) in [5, 5.41) is 9.10. The van der Waals surface area contributed by atoms with E-state index in [1.165, 1.54) is 6.42 Å². The van der Waals surface area contributed by atoms with E-state index in [0.717, 1.165) is 32.1 Å². The summed E-state index contributed by atoms with van der Waals surface area (Å²) in [6.45, 7) is 0. The van der Waals surface area contributed by atoms with E-state index in [1.807, 2.05) is 6.08 Å². The topological polar surface area (TPSA) is 63.6 Å². The first kappa shape index (κ1) is 13.1. The fourth-order valence-corrected chi connectivity index (χ4v) is 2.79. The lowest BCUT2D eigenvalue weighted by molar-refractivity contribution is -0.162. The summed E-state index contributed by atoms with van der Waals surface area (Å²) < 4.78 is 5.48. The predicted molar refractivity (Wildman–Crippen MR) is 66.0 cm³/mol. The zero-order chi connectivity index (χ0) is 13.0. The molecule has 0 heterocycles. The number of carbonyl (C=O) groups is 2. The lowest BCUT2D eigenvalue weighted by Gasteiger charge is -2.27. The molecule has 0 aromatic rings. The highest BCUT2D eigenvalue weighted by molar-refractivity contribution is 5.82. The molecule has 0 amide bonds. The van der Waals surface area contributed by atoms with Gasteiger partial charge in [0.2, 0.25) is 0 Å². The van der Waals surface area contributed by atoms with Gasteiger partial charge in [0, 0.05) is 0 Å². The molecule has 0 bridgehead atoms. The molecule has 1 N–H and O–H groups in total. The largest absolute Gasteiger partial charge is 0.481 e. The lowest BCUT2D eigenvalue weighted by Crippen LogP contribution is -2.34. The van der Waals surface area contributed by atoms with Crippen LogP contribution in [0.25, 0.3) is 0 Å². The zero-order valence-corrected chi connectivity index (χ0v) is 10.5. The first-order chi connectivity index (χ1) is 8.68.